The zero-order valence-corrected chi connectivity index (χ0v) is 14.2. The van der Waals surface area contributed by atoms with E-state index in [9.17, 15) is 0 Å². The number of imidazole rings is 1. The van der Waals surface area contributed by atoms with Crippen LogP contribution >= 0.6 is 34.0 Å². The molecule has 1 saturated carbocycles. The Kier molecular flexibility index (Phi) is 10.4. The van der Waals surface area contributed by atoms with Crippen LogP contribution in [-0.4, -0.2) is 15.2 Å². The molecule has 1 aromatic rings. The van der Waals surface area contributed by atoms with Gasteiger partial charge in [-0.15, -0.1) is 34.0 Å². The third kappa shape index (κ3) is 6.67. The van der Waals surface area contributed by atoms with Crippen LogP contribution in [0, 0.1) is 3.80 Å². The number of hydrogen-bond acceptors (Lipinski definition) is 1. The van der Waals surface area contributed by atoms with Crippen LogP contribution in [0.2, 0.25) is 0 Å². The van der Waals surface area contributed by atoms with E-state index in [1.165, 1.54) is 12.8 Å². The minimum atomic E-state index is 0. The molecule has 0 radical (unpaired) electrons. The van der Waals surface area contributed by atoms with Gasteiger partial charge in [-0.3, -0.25) is 0 Å². The fourth-order valence-electron chi connectivity index (χ4n) is 0.695. The van der Waals surface area contributed by atoms with E-state index in [2.05, 4.69) is 25.9 Å². The molecule has 0 aliphatic heterocycles. The normalized spacial score (nSPS) is 12.8. The second kappa shape index (κ2) is 8.68. The van der Waals surface area contributed by atoms with E-state index in [-0.39, 0.29) is 34.0 Å². The Morgan fingerprint density at radius 2 is 1.93 bits per heavy atom. The smallest absolute Gasteiger partial charge is 0.00399 e. The average Bonchev–Trinajstić information content (AvgIpc) is 2.82. The number of aryl methyl sites for hydroxylation is 1. The Labute approximate surface area is 122 Å². The van der Waals surface area contributed by atoms with Crippen molar-refractivity contribution in [2.24, 2.45) is 12.8 Å². The Morgan fingerprint density at radius 3 is 2.07 bits per heavy atom. The summed E-state index contributed by atoms with van der Waals surface area (Å²) < 4.78 is 5.15. The maximum absolute atomic E-state index is 5.22. The quantitative estimate of drug-likeness (QED) is 0.604. The molecule has 2 N–H and O–H groups in total. The number of rotatable bonds is 1. The summed E-state index contributed by atoms with van der Waals surface area (Å²) in [4.78, 5) is 0. The first-order valence-electron chi connectivity index (χ1n) is 4.22. The van der Waals surface area contributed by atoms with Gasteiger partial charge >= 0.3 is 64.5 Å². The van der Waals surface area contributed by atoms with E-state index in [1.54, 1.807) is 6.20 Å². The second-order valence-electron chi connectivity index (χ2n) is 3.08. The van der Waals surface area contributed by atoms with Crippen LogP contribution in [0.5, 0.6) is 0 Å². The molecule has 0 saturated heterocycles. The summed E-state index contributed by atoms with van der Waals surface area (Å²) in [5.41, 5.74) is 5.22. The minimum absolute atomic E-state index is 0. The molecule has 2 rings (SSSR count). The summed E-state index contributed by atoms with van der Waals surface area (Å²) in [7, 11) is 2.00. The SMILES string of the molecule is Br.Br.C=Cn1ccn(C)[c]1=[Pt].NC1CC1. The van der Waals surface area contributed by atoms with Gasteiger partial charge in [-0.05, 0) is 12.8 Å². The van der Waals surface area contributed by atoms with Crippen LogP contribution in [0.1, 0.15) is 12.8 Å². The van der Waals surface area contributed by atoms with Crippen LogP contribution in [0.15, 0.2) is 19.0 Å². The van der Waals surface area contributed by atoms with E-state index in [4.69, 9.17) is 5.73 Å². The van der Waals surface area contributed by atoms with Gasteiger partial charge in [0.15, 0.2) is 0 Å². The van der Waals surface area contributed by atoms with Gasteiger partial charge in [-0.2, -0.15) is 0 Å². The first-order valence-corrected chi connectivity index (χ1v) is 5.35. The standard InChI is InChI=1S/C6H8N2.C3H7N.2BrH.Pt/c1-3-8-5-4-7(2)6-8;4-3-1-2-3;;;/h3-5H,1H2,2H3;3H,1-2,4H2;2*1H;. The Balaban J connectivity index is 0. The average molecular weight is 522 g/mol. The van der Waals surface area contributed by atoms with Crippen molar-refractivity contribution < 1.29 is 19.4 Å². The summed E-state index contributed by atoms with van der Waals surface area (Å²) in [6.45, 7) is 3.65. The van der Waals surface area contributed by atoms with Gasteiger partial charge in [0.05, 0.1) is 0 Å². The van der Waals surface area contributed by atoms with Gasteiger partial charge in [-0.1, -0.05) is 0 Å². The molecule has 0 unspecified atom stereocenters. The van der Waals surface area contributed by atoms with Gasteiger partial charge < -0.3 is 5.73 Å². The van der Waals surface area contributed by atoms with Crippen LogP contribution in [-0.2, 0) is 26.4 Å². The zero-order valence-electron chi connectivity index (χ0n) is 8.54. The molecule has 0 aromatic carbocycles. The molecule has 0 spiro atoms. The molecule has 1 heterocycles. The van der Waals surface area contributed by atoms with Crippen molar-refractivity contribution in [1.29, 1.82) is 0 Å². The van der Waals surface area contributed by atoms with Crippen molar-refractivity contribution in [3.8, 4) is 0 Å². The molecule has 1 aliphatic rings. The molecular weight excluding hydrogens is 505 g/mol. The molecule has 1 aromatic heterocycles. The topological polar surface area (TPSA) is 35.9 Å². The van der Waals surface area contributed by atoms with Gasteiger partial charge in [0.2, 0.25) is 0 Å². The third-order valence-corrected chi connectivity index (χ3v) is 3.12. The van der Waals surface area contributed by atoms with Crippen molar-refractivity contribution in [1.82, 2.24) is 9.13 Å². The van der Waals surface area contributed by atoms with Gasteiger partial charge in [-0.25, -0.2) is 0 Å². The van der Waals surface area contributed by atoms with E-state index in [0.29, 0.717) is 6.04 Å². The zero-order chi connectivity index (χ0) is 9.84. The van der Waals surface area contributed by atoms with E-state index in [0.717, 1.165) is 3.80 Å². The van der Waals surface area contributed by atoms with E-state index >= 15 is 0 Å². The Bertz CT molecular complexity index is 341. The summed E-state index contributed by atoms with van der Waals surface area (Å²) in [5.74, 6) is 0. The largest absolute Gasteiger partial charge is 0.328 e. The fraction of sp³-hybridized carbons (Fsp3) is 0.444. The molecular formula is C9H17Br2N3Pt. The van der Waals surface area contributed by atoms with Crippen molar-refractivity contribution in [2.75, 3.05) is 0 Å². The fourth-order valence-corrected chi connectivity index (χ4v) is 1.24. The summed E-state index contributed by atoms with van der Waals surface area (Å²) in [6.07, 6.45) is 8.27. The van der Waals surface area contributed by atoms with Crippen molar-refractivity contribution >= 4 is 40.2 Å². The predicted octanol–water partition coefficient (Wildman–Crippen LogP) is 2.27. The third-order valence-electron chi connectivity index (χ3n) is 1.74. The summed E-state index contributed by atoms with van der Waals surface area (Å²) in [5, 5.41) is 0. The molecule has 15 heavy (non-hydrogen) atoms. The van der Waals surface area contributed by atoms with Crippen LogP contribution in [0.4, 0.5) is 0 Å². The van der Waals surface area contributed by atoms with Gasteiger partial charge in [0, 0.05) is 6.04 Å². The van der Waals surface area contributed by atoms with Crippen LogP contribution < -0.4 is 5.73 Å². The predicted molar refractivity (Wildman–Crippen MR) is 70.9 cm³/mol. The summed E-state index contributed by atoms with van der Waals surface area (Å²) in [6, 6.07) is 0.583. The number of halogens is 2. The van der Waals surface area contributed by atoms with Crippen molar-refractivity contribution in [3.63, 3.8) is 0 Å². The molecule has 92 valence electrons. The van der Waals surface area contributed by atoms with Crippen molar-refractivity contribution in [3.05, 3.63) is 22.8 Å². The number of aromatic nitrogens is 2. The number of hydrogen-bond donors (Lipinski definition) is 1. The van der Waals surface area contributed by atoms with E-state index < -0.39 is 0 Å². The molecule has 3 nitrogen and oxygen atoms in total. The van der Waals surface area contributed by atoms with Gasteiger partial charge in [0.25, 0.3) is 0 Å². The molecule has 1 fully saturated rings. The molecule has 6 heteroatoms. The first-order chi connectivity index (χ1) is 6.15. The second-order valence-corrected chi connectivity index (χ2v) is 4.09. The molecule has 0 bridgehead atoms. The van der Waals surface area contributed by atoms with Crippen LogP contribution in [0.3, 0.4) is 0 Å². The molecule has 0 amide bonds. The first kappa shape index (κ1) is 17.9. The Hall–Kier alpha value is 0.558. The Morgan fingerprint density at radius 1 is 1.47 bits per heavy atom. The maximum atomic E-state index is 5.22. The number of nitrogens with zero attached hydrogens (tertiary/aromatic N) is 2. The number of nitrogens with two attached hydrogens (primary N) is 1. The van der Waals surface area contributed by atoms with Crippen molar-refractivity contribution in [2.45, 2.75) is 18.9 Å². The molecule has 0 atom stereocenters. The van der Waals surface area contributed by atoms with Crippen LogP contribution in [0.25, 0.3) is 6.20 Å². The molecule has 1 aliphatic carbocycles. The summed E-state index contributed by atoms with van der Waals surface area (Å²) >= 11 is 2.24. The van der Waals surface area contributed by atoms with E-state index in [1.807, 2.05) is 28.6 Å². The minimum Gasteiger partial charge on any atom is -0.328 e. The monoisotopic (exact) mass is 520 g/mol. The van der Waals surface area contributed by atoms with Gasteiger partial charge in [0.1, 0.15) is 0 Å². The maximum Gasteiger partial charge on any atom is 0.00399 e.